The minimum Gasteiger partial charge on any atom is -0.325 e. The Bertz CT molecular complexity index is 948. The van der Waals surface area contributed by atoms with E-state index in [-0.39, 0.29) is 24.3 Å². The Labute approximate surface area is 159 Å². The molecule has 1 unspecified atom stereocenters. The summed E-state index contributed by atoms with van der Waals surface area (Å²) >= 11 is 0. The molecule has 5 heteroatoms. The second-order valence-corrected chi connectivity index (χ2v) is 7.31. The average molecular weight is 361 g/mol. The molecule has 2 aliphatic rings. The van der Waals surface area contributed by atoms with Crippen molar-refractivity contribution in [2.45, 2.75) is 33.1 Å². The Morgan fingerprint density at radius 1 is 1.19 bits per heavy atom. The lowest BCUT2D eigenvalue weighted by atomic mass is 10.1. The zero-order chi connectivity index (χ0) is 19.0. The maximum Gasteiger partial charge on any atom is 0.244 e. The first-order valence-corrected chi connectivity index (χ1v) is 9.38. The molecule has 0 aromatic heterocycles. The largest absolute Gasteiger partial charge is 0.325 e. The highest BCUT2D eigenvalue weighted by Crippen LogP contribution is 2.37. The Balaban J connectivity index is 1.59. The van der Waals surface area contributed by atoms with Crippen molar-refractivity contribution in [2.75, 3.05) is 16.8 Å². The van der Waals surface area contributed by atoms with Crippen LogP contribution in [0.4, 0.5) is 17.1 Å². The number of amides is 2. The predicted octanol–water partition coefficient (Wildman–Crippen LogP) is 4.16. The van der Waals surface area contributed by atoms with Crippen LogP contribution in [-0.4, -0.2) is 24.1 Å². The number of nitrogens with one attached hydrogen (secondary N) is 1. The summed E-state index contributed by atoms with van der Waals surface area (Å²) in [4.78, 5) is 32.2. The van der Waals surface area contributed by atoms with Gasteiger partial charge in [-0.1, -0.05) is 18.2 Å². The highest BCUT2D eigenvalue weighted by Gasteiger charge is 2.37. The molecule has 5 nitrogen and oxygen atoms in total. The number of benzene rings is 2. The van der Waals surface area contributed by atoms with Gasteiger partial charge in [-0.15, -0.1) is 0 Å². The standard InChI is InChI=1S/C22H23N3O2/c1-14-10-11-16(12-15(14)2)23-21(26)13-25-20-9-4-3-7-19(20)24-18-8-5-6-17(18)22(25)27/h3-4,7,9-12,17H,5-6,8,13H2,1-2H3,(H,23,26). The van der Waals surface area contributed by atoms with Crippen molar-refractivity contribution in [3.63, 3.8) is 0 Å². The molecule has 1 aliphatic carbocycles. The maximum atomic E-state index is 13.1. The van der Waals surface area contributed by atoms with E-state index in [2.05, 4.69) is 5.32 Å². The molecule has 0 saturated heterocycles. The SMILES string of the molecule is Cc1ccc(NC(=O)CN2C(=O)C3CCCC3=Nc3ccccc32)cc1C. The summed E-state index contributed by atoms with van der Waals surface area (Å²) < 4.78 is 0. The van der Waals surface area contributed by atoms with Gasteiger partial charge in [-0.05, 0) is 68.5 Å². The first-order valence-electron chi connectivity index (χ1n) is 9.38. The molecule has 1 saturated carbocycles. The quantitative estimate of drug-likeness (QED) is 0.892. The Kier molecular flexibility index (Phi) is 4.52. The van der Waals surface area contributed by atoms with Crippen LogP contribution in [-0.2, 0) is 9.59 Å². The third-order valence-corrected chi connectivity index (χ3v) is 5.42. The molecule has 1 aliphatic heterocycles. The van der Waals surface area contributed by atoms with Crippen LogP contribution in [0.15, 0.2) is 47.5 Å². The lowest BCUT2D eigenvalue weighted by Gasteiger charge is -2.24. The summed E-state index contributed by atoms with van der Waals surface area (Å²) in [6, 6.07) is 13.4. The number of aryl methyl sites for hydroxylation is 2. The number of anilines is 2. The van der Waals surface area contributed by atoms with Gasteiger partial charge < -0.3 is 10.2 Å². The highest BCUT2D eigenvalue weighted by atomic mass is 16.2. The molecule has 0 radical (unpaired) electrons. The number of aliphatic imine (C=N–C) groups is 1. The Morgan fingerprint density at radius 3 is 2.81 bits per heavy atom. The number of fused-ring (bicyclic) bond motifs is 2. The number of rotatable bonds is 3. The fraction of sp³-hybridized carbons (Fsp3) is 0.318. The molecule has 138 valence electrons. The van der Waals surface area contributed by atoms with E-state index in [1.54, 1.807) is 4.90 Å². The third kappa shape index (κ3) is 3.37. The van der Waals surface area contributed by atoms with Crippen molar-refractivity contribution in [1.82, 2.24) is 0 Å². The number of hydrogen-bond acceptors (Lipinski definition) is 3. The fourth-order valence-electron chi connectivity index (χ4n) is 3.80. The minimum atomic E-state index is -0.206. The van der Waals surface area contributed by atoms with Crippen LogP contribution in [0.25, 0.3) is 0 Å². The van der Waals surface area contributed by atoms with Gasteiger partial charge in [0.15, 0.2) is 0 Å². The molecular formula is C22H23N3O2. The van der Waals surface area contributed by atoms with Crippen molar-refractivity contribution >= 4 is 34.6 Å². The van der Waals surface area contributed by atoms with Crippen molar-refractivity contribution in [1.29, 1.82) is 0 Å². The number of nitrogens with zero attached hydrogens (tertiary/aromatic N) is 2. The number of carbonyl (C=O) groups is 2. The summed E-state index contributed by atoms with van der Waals surface area (Å²) in [5.74, 6) is -0.430. The van der Waals surface area contributed by atoms with Crippen LogP contribution in [0, 0.1) is 19.8 Å². The van der Waals surface area contributed by atoms with Gasteiger partial charge in [0.1, 0.15) is 6.54 Å². The number of carbonyl (C=O) groups excluding carboxylic acids is 2. The fourth-order valence-corrected chi connectivity index (χ4v) is 3.80. The third-order valence-electron chi connectivity index (χ3n) is 5.42. The molecule has 1 fully saturated rings. The molecule has 27 heavy (non-hydrogen) atoms. The van der Waals surface area contributed by atoms with Crippen LogP contribution < -0.4 is 10.2 Å². The van der Waals surface area contributed by atoms with Gasteiger partial charge in [-0.3, -0.25) is 14.6 Å². The van der Waals surface area contributed by atoms with Gasteiger partial charge in [0.05, 0.1) is 17.3 Å². The topological polar surface area (TPSA) is 61.8 Å². The second-order valence-electron chi connectivity index (χ2n) is 7.31. The molecule has 1 heterocycles. The van der Waals surface area contributed by atoms with E-state index in [9.17, 15) is 9.59 Å². The molecule has 1 N–H and O–H groups in total. The van der Waals surface area contributed by atoms with Gasteiger partial charge in [0, 0.05) is 11.4 Å². The van der Waals surface area contributed by atoms with Gasteiger partial charge in [0.25, 0.3) is 0 Å². The van der Waals surface area contributed by atoms with Gasteiger partial charge in [0.2, 0.25) is 11.8 Å². The van der Waals surface area contributed by atoms with E-state index < -0.39 is 0 Å². The van der Waals surface area contributed by atoms with Gasteiger partial charge >= 0.3 is 0 Å². The van der Waals surface area contributed by atoms with Crippen LogP contribution in [0.2, 0.25) is 0 Å². The zero-order valence-corrected chi connectivity index (χ0v) is 15.7. The zero-order valence-electron chi connectivity index (χ0n) is 15.7. The highest BCUT2D eigenvalue weighted by molar-refractivity contribution is 6.16. The van der Waals surface area contributed by atoms with Crippen LogP contribution in [0.1, 0.15) is 30.4 Å². The van der Waals surface area contributed by atoms with Crippen LogP contribution >= 0.6 is 0 Å². The number of hydrogen-bond donors (Lipinski definition) is 1. The van der Waals surface area contributed by atoms with Crippen LogP contribution in [0.5, 0.6) is 0 Å². The molecular weight excluding hydrogens is 338 g/mol. The Morgan fingerprint density at radius 2 is 2.00 bits per heavy atom. The van der Waals surface area contributed by atoms with Crippen molar-refractivity contribution < 1.29 is 9.59 Å². The maximum absolute atomic E-state index is 13.1. The van der Waals surface area contributed by atoms with E-state index in [0.717, 1.165) is 41.9 Å². The number of para-hydroxylation sites is 2. The smallest absolute Gasteiger partial charge is 0.244 e. The lowest BCUT2D eigenvalue weighted by Crippen LogP contribution is -2.41. The molecule has 0 spiro atoms. The summed E-state index contributed by atoms with van der Waals surface area (Å²) in [6.45, 7) is 4.04. The monoisotopic (exact) mass is 361 g/mol. The summed E-state index contributed by atoms with van der Waals surface area (Å²) in [7, 11) is 0. The minimum absolute atomic E-state index is 0.0118. The molecule has 2 aromatic rings. The van der Waals surface area contributed by atoms with Crippen molar-refractivity contribution in [2.24, 2.45) is 10.9 Å². The summed E-state index contributed by atoms with van der Waals surface area (Å²) in [6.07, 6.45) is 2.63. The first kappa shape index (κ1) is 17.5. The van der Waals surface area contributed by atoms with Crippen molar-refractivity contribution in [3.8, 4) is 0 Å². The van der Waals surface area contributed by atoms with E-state index in [0.29, 0.717) is 5.69 Å². The van der Waals surface area contributed by atoms with E-state index in [4.69, 9.17) is 4.99 Å². The summed E-state index contributed by atoms with van der Waals surface area (Å²) in [5, 5.41) is 2.92. The molecule has 2 amide bonds. The van der Waals surface area contributed by atoms with Gasteiger partial charge in [-0.25, -0.2) is 0 Å². The predicted molar refractivity (Wildman–Crippen MR) is 108 cm³/mol. The normalized spacial score (nSPS) is 18.4. The molecule has 4 rings (SSSR count). The second kappa shape index (κ2) is 6.99. The van der Waals surface area contributed by atoms with Gasteiger partial charge in [-0.2, -0.15) is 0 Å². The van der Waals surface area contributed by atoms with E-state index in [1.807, 2.05) is 56.3 Å². The lowest BCUT2D eigenvalue weighted by molar-refractivity contribution is -0.122. The van der Waals surface area contributed by atoms with Crippen molar-refractivity contribution in [3.05, 3.63) is 53.6 Å². The van der Waals surface area contributed by atoms with E-state index in [1.165, 1.54) is 5.56 Å². The Hall–Kier alpha value is -2.95. The summed E-state index contributed by atoms with van der Waals surface area (Å²) in [5.41, 5.74) is 5.47. The molecule has 2 aromatic carbocycles. The molecule has 1 atom stereocenters. The molecule has 0 bridgehead atoms. The van der Waals surface area contributed by atoms with E-state index >= 15 is 0 Å². The average Bonchev–Trinajstić information content (AvgIpc) is 3.07. The van der Waals surface area contributed by atoms with Crippen LogP contribution in [0.3, 0.4) is 0 Å². The first-order chi connectivity index (χ1) is 13.0.